The van der Waals surface area contributed by atoms with E-state index in [1.165, 1.54) is 10.8 Å². The quantitative estimate of drug-likeness (QED) is 0.631. The van der Waals surface area contributed by atoms with Crippen LogP contribution in [0.25, 0.3) is 0 Å². The minimum atomic E-state index is -1.13. The zero-order valence-corrected chi connectivity index (χ0v) is 11.9. The van der Waals surface area contributed by atoms with E-state index in [-0.39, 0.29) is 18.4 Å². The predicted octanol–water partition coefficient (Wildman–Crippen LogP) is -0.749. The Morgan fingerprint density at radius 2 is 2.32 bits per heavy atom. The zero-order chi connectivity index (χ0) is 14.2. The summed E-state index contributed by atoms with van der Waals surface area (Å²) in [5.74, 6) is 0. The Balaban J connectivity index is 2.38. The van der Waals surface area contributed by atoms with E-state index >= 15 is 0 Å². The van der Waals surface area contributed by atoms with Crippen molar-refractivity contribution in [3.05, 3.63) is 32.6 Å². The van der Waals surface area contributed by atoms with Gasteiger partial charge in [-0.3, -0.25) is 14.3 Å². The lowest BCUT2D eigenvalue weighted by atomic mass is 10.0. The number of ether oxygens (including phenoxy) is 1. The van der Waals surface area contributed by atoms with Gasteiger partial charge in [0.1, 0.15) is 11.8 Å². The molecule has 3 N–H and O–H groups in total. The van der Waals surface area contributed by atoms with Gasteiger partial charge in [-0.15, -0.1) is 0 Å². The van der Waals surface area contributed by atoms with Crippen molar-refractivity contribution in [2.75, 3.05) is 11.9 Å². The van der Waals surface area contributed by atoms with Crippen molar-refractivity contribution in [1.82, 2.24) is 9.55 Å². The molecule has 0 amide bonds. The van der Waals surface area contributed by atoms with Gasteiger partial charge >= 0.3 is 5.69 Å². The standard InChI is InChI=1S/C11H15BrN2O5/c1-6-3-14(10(18)13-9(6)17)8-2-7(16)11(4-12,5-15)19-8/h3,7-8,15-16H,2,4-5H2,1H3,(H,13,17,18)/t7-,8+,11+/m0/s1. The van der Waals surface area contributed by atoms with Crippen molar-refractivity contribution >= 4 is 15.9 Å². The van der Waals surface area contributed by atoms with Crippen molar-refractivity contribution in [2.45, 2.75) is 31.3 Å². The lowest BCUT2D eigenvalue weighted by molar-refractivity contribution is -0.113. The average Bonchev–Trinajstić information content (AvgIpc) is 2.71. The summed E-state index contributed by atoms with van der Waals surface area (Å²) in [6.45, 7) is 1.21. The smallest absolute Gasteiger partial charge is 0.330 e. The predicted molar refractivity (Wildman–Crippen MR) is 70.4 cm³/mol. The molecule has 2 heterocycles. The first-order valence-corrected chi connectivity index (χ1v) is 6.90. The highest BCUT2D eigenvalue weighted by atomic mass is 79.9. The number of nitrogens with zero attached hydrogens (tertiary/aromatic N) is 1. The molecule has 7 nitrogen and oxygen atoms in total. The third-order valence-electron chi connectivity index (χ3n) is 3.35. The largest absolute Gasteiger partial charge is 0.393 e. The van der Waals surface area contributed by atoms with E-state index in [1.54, 1.807) is 6.92 Å². The van der Waals surface area contributed by atoms with E-state index in [2.05, 4.69) is 20.9 Å². The first kappa shape index (κ1) is 14.4. The second-order valence-corrected chi connectivity index (χ2v) is 5.22. The summed E-state index contributed by atoms with van der Waals surface area (Å²) >= 11 is 3.19. The van der Waals surface area contributed by atoms with E-state index in [1.807, 2.05) is 0 Å². The van der Waals surface area contributed by atoms with E-state index in [0.29, 0.717) is 5.56 Å². The highest BCUT2D eigenvalue weighted by molar-refractivity contribution is 9.09. The van der Waals surface area contributed by atoms with Gasteiger partial charge in [0, 0.05) is 23.5 Å². The fourth-order valence-corrected chi connectivity index (χ4v) is 2.76. The van der Waals surface area contributed by atoms with Crippen LogP contribution in [0.1, 0.15) is 18.2 Å². The molecule has 0 bridgehead atoms. The first-order chi connectivity index (χ1) is 8.93. The highest BCUT2D eigenvalue weighted by Crippen LogP contribution is 2.37. The molecule has 0 unspecified atom stereocenters. The topological polar surface area (TPSA) is 105 Å². The Labute approximate surface area is 117 Å². The van der Waals surface area contributed by atoms with E-state index in [9.17, 15) is 19.8 Å². The number of rotatable bonds is 3. The molecule has 2 rings (SSSR count). The lowest BCUT2D eigenvalue weighted by Gasteiger charge is -2.27. The minimum absolute atomic E-state index is 0.164. The van der Waals surface area contributed by atoms with Gasteiger partial charge in [-0.05, 0) is 6.92 Å². The molecule has 0 radical (unpaired) electrons. The molecule has 3 atom stereocenters. The first-order valence-electron chi connectivity index (χ1n) is 5.78. The molecule has 1 aliphatic rings. The monoisotopic (exact) mass is 334 g/mol. The number of alkyl halides is 1. The molecule has 1 aromatic heterocycles. The number of nitrogens with one attached hydrogen (secondary N) is 1. The molecule has 19 heavy (non-hydrogen) atoms. The summed E-state index contributed by atoms with van der Waals surface area (Å²) in [6.07, 6.45) is -0.0682. The maximum atomic E-state index is 11.7. The Bertz CT molecular complexity index is 577. The fourth-order valence-electron chi connectivity index (χ4n) is 2.08. The summed E-state index contributed by atoms with van der Waals surface area (Å²) in [5, 5.41) is 19.6. The van der Waals surface area contributed by atoms with Crippen molar-refractivity contribution in [2.24, 2.45) is 0 Å². The van der Waals surface area contributed by atoms with Gasteiger partial charge in [0.25, 0.3) is 5.56 Å². The maximum Gasteiger partial charge on any atom is 0.330 e. The van der Waals surface area contributed by atoms with E-state index in [4.69, 9.17) is 4.74 Å². The van der Waals surface area contributed by atoms with Gasteiger partial charge in [-0.2, -0.15) is 0 Å². The SMILES string of the molecule is Cc1cn([C@H]2C[C@H](O)[C@](CO)(CBr)O2)c(=O)[nH]c1=O. The third-order valence-corrected chi connectivity index (χ3v) is 4.30. The molecule has 1 saturated heterocycles. The molecule has 1 aromatic rings. The van der Waals surface area contributed by atoms with Gasteiger partial charge in [0.05, 0.1) is 12.7 Å². The number of aromatic amines is 1. The Morgan fingerprint density at radius 1 is 1.63 bits per heavy atom. The van der Waals surface area contributed by atoms with Crippen molar-refractivity contribution in [1.29, 1.82) is 0 Å². The van der Waals surface area contributed by atoms with Gasteiger partial charge < -0.3 is 14.9 Å². The van der Waals surface area contributed by atoms with Crippen LogP contribution in [0.15, 0.2) is 15.8 Å². The Morgan fingerprint density at radius 3 is 2.84 bits per heavy atom. The summed E-state index contributed by atoms with van der Waals surface area (Å²) in [7, 11) is 0. The number of H-pyrrole nitrogens is 1. The van der Waals surface area contributed by atoms with Gasteiger partial charge in [-0.1, -0.05) is 15.9 Å². The lowest BCUT2D eigenvalue weighted by Crippen LogP contribution is -2.45. The minimum Gasteiger partial charge on any atom is -0.393 e. The van der Waals surface area contributed by atoms with Crippen LogP contribution in [0.5, 0.6) is 0 Å². The molecule has 1 fully saturated rings. The van der Waals surface area contributed by atoms with Crippen molar-refractivity contribution in [3.8, 4) is 0 Å². The molecule has 0 aliphatic carbocycles. The number of aliphatic hydroxyl groups is 2. The van der Waals surface area contributed by atoms with Crippen LogP contribution in [-0.2, 0) is 4.74 Å². The van der Waals surface area contributed by atoms with Crippen LogP contribution in [0.3, 0.4) is 0 Å². The zero-order valence-electron chi connectivity index (χ0n) is 10.3. The maximum absolute atomic E-state index is 11.7. The summed E-state index contributed by atoms with van der Waals surface area (Å²) in [5.41, 5.74) is -1.81. The number of hydrogen-bond donors (Lipinski definition) is 3. The van der Waals surface area contributed by atoms with Crippen LogP contribution in [-0.4, -0.2) is 43.4 Å². The summed E-state index contributed by atoms with van der Waals surface area (Å²) in [6, 6.07) is 0. The molecular weight excluding hydrogens is 320 g/mol. The second kappa shape index (κ2) is 5.20. The average molecular weight is 335 g/mol. The van der Waals surface area contributed by atoms with Crippen LogP contribution in [0, 0.1) is 6.92 Å². The normalized spacial score (nSPS) is 30.7. The van der Waals surface area contributed by atoms with Crippen LogP contribution in [0.4, 0.5) is 0 Å². The summed E-state index contributed by atoms with van der Waals surface area (Å²) in [4.78, 5) is 25.2. The third kappa shape index (κ3) is 2.40. The Kier molecular flexibility index (Phi) is 3.95. The van der Waals surface area contributed by atoms with Crippen LogP contribution >= 0.6 is 15.9 Å². The van der Waals surface area contributed by atoms with E-state index in [0.717, 1.165) is 0 Å². The fraction of sp³-hybridized carbons (Fsp3) is 0.636. The van der Waals surface area contributed by atoms with Crippen LogP contribution < -0.4 is 11.2 Å². The summed E-state index contributed by atoms with van der Waals surface area (Å²) < 4.78 is 6.84. The molecule has 106 valence electrons. The van der Waals surface area contributed by atoms with Crippen molar-refractivity contribution in [3.63, 3.8) is 0 Å². The van der Waals surface area contributed by atoms with Gasteiger partial charge in [0.15, 0.2) is 0 Å². The molecular formula is C11H15BrN2O5. The van der Waals surface area contributed by atoms with Gasteiger partial charge in [0.2, 0.25) is 0 Å². The molecule has 1 aliphatic heterocycles. The molecule has 0 saturated carbocycles. The molecule has 0 aromatic carbocycles. The second-order valence-electron chi connectivity index (χ2n) is 4.66. The molecule has 8 heteroatoms. The van der Waals surface area contributed by atoms with Gasteiger partial charge in [-0.25, -0.2) is 4.79 Å². The number of aromatic nitrogens is 2. The molecule has 0 spiro atoms. The number of aliphatic hydroxyl groups excluding tert-OH is 2. The number of aryl methyl sites for hydroxylation is 1. The van der Waals surface area contributed by atoms with E-state index < -0.39 is 29.2 Å². The highest BCUT2D eigenvalue weighted by Gasteiger charge is 2.48. The number of halogens is 1. The van der Waals surface area contributed by atoms with Crippen LogP contribution in [0.2, 0.25) is 0 Å². The Hall–Kier alpha value is -0.960. The number of hydrogen-bond acceptors (Lipinski definition) is 5. The van der Waals surface area contributed by atoms with Crippen molar-refractivity contribution < 1.29 is 14.9 Å².